The van der Waals surface area contributed by atoms with E-state index in [9.17, 15) is 5.11 Å². The van der Waals surface area contributed by atoms with Crippen LogP contribution in [0.5, 0.6) is 0 Å². The Kier molecular flexibility index (Phi) is 22.9. The van der Waals surface area contributed by atoms with Gasteiger partial charge in [0.2, 0.25) is 0 Å². The van der Waals surface area contributed by atoms with Gasteiger partial charge in [0.1, 0.15) is 0 Å². The Bertz CT molecular complexity index is 684. The van der Waals surface area contributed by atoms with E-state index in [2.05, 4.69) is 44.2 Å². The van der Waals surface area contributed by atoms with Crippen LogP contribution < -0.4 is 0 Å². The molecule has 1 aromatic carbocycles. The van der Waals surface area contributed by atoms with Crippen molar-refractivity contribution in [3.8, 4) is 0 Å². The molecule has 5 N–H and O–H groups in total. The maximum absolute atomic E-state index is 9.76. The van der Waals surface area contributed by atoms with Crippen molar-refractivity contribution in [1.82, 2.24) is 0 Å². The molecule has 0 aliphatic carbocycles. The molecule has 0 spiro atoms. The highest BCUT2D eigenvalue weighted by Gasteiger charge is 2.33. The number of hydrogen-bond donors (Lipinski definition) is 5. The fourth-order valence-electron chi connectivity index (χ4n) is 4.91. The Labute approximate surface area is 245 Å². The largest absolute Gasteiger partial charge is 0.396 e. The highest BCUT2D eigenvalue weighted by molar-refractivity contribution is 7.39. The van der Waals surface area contributed by atoms with Gasteiger partial charge in [0.15, 0.2) is 0 Å². The van der Waals surface area contributed by atoms with Crippen molar-refractivity contribution in [2.75, 3.05) is 33.0 Å². The van der Waals surface area contributed by atoms with E-state index in [0.29, 0.717) is 12.5 Å². The molecule has 0 radical (unpaired) electrons. The van der Waals surface area contributed by atoms with E-state index in [-0.39, 0.29) is 19.8 Å². The summed E-state index contributed by atoms with van der Waals surface area (Å²) >= 11 is 0. The number of ether oxygens (including phenoxy) is 1. The molecule has 1 rings (SSSR count). The van der Waals surface area contributed by atoms with Crippen LogP contribution >= 0.6 is 17.2 Å². The molecule has 0 heterocycles. The monoisotopic (exact) mass is 606 g/mol. The molecule has 0 amide bonds. The predicted octanol–water partition coefficient (Wildman–Crippen LogP) is 7.34. The molecule has 2 atom stereocenters. The lowest BCUT2D eigenvalue weighted by molar-refractivity contribution is -0.0500. The van der Waals surface area contributed by atoms with Gasteiger partial charge in [-0.1, -0.05) is 121 Å². The topological polar surface area (TPSA) is 129 Å². The molecule has 0 saturated carbocycles. The average Bonchev–Trinajstić information content (AvgIpc) is 2.94. The molecule has 0 aliphatic heterocycles. The van der Waals surface area contributed by atoms with Crippen molar-refractivity contribution >= 4 is 17.2 Å². The molecule has 234 valence electrons. The lowest BCUT2D eigenvalue weighted by atomic mass is 9.92. The van der Waals surface area contributed by atoms with Crippen LogP contribution in [0.3, 0.4) is 0 Å². The van der Waals surface area contributed by atoms with Gasteiger partial charge in [0.05, 0.1) is 31.8 Å². The standard InChI is InChI=1S/C30H56O8P2/c1-27(17-11-6-3-4-8-13-19-28(2)29-20-14-10-15-21-29)18-12-7-5-9-16-22-36-24-30(23-31,25-37-39(32)33)26-38-40(34)35/h10,14-15,20-21,27-28,31-35H,3-9,11-13,16-19,22-26H2,1-2H3. The van der Waals surface area contributed by atoms with Crippen molar-refractivity contribution in [1.29, 1.82) is 0 Å². The van der Waals surface area contributed by atoms with Crippen LogP contribution in [-0.2, 0) is 13.8 Å². The zero-order chi connectivity index (χ0) is 29.5. The highest BCUT2D eigenvalue weighted by Crippen LogP contribution is 2.34. The summed E-state index contributed by atoms with van der Waals surface area (Å²) in [6.45, 7) is 4.43. The van der Waals surface area contributed by atoms with E-state index < -0.39 is 29.2 Å². The highest BCUT2D eigenvalue weighted by atomic mass is 31.2. The number of unbranched alkanes of at least 4 members (excludes halogenated alkanes) is 9. The van der Waals surface area contributed by atoms with Gasteiger partial charge in [0.25, 0.3) is 0 Å². The van der Waals surface area contributed by atoms with Crippen LogP contribution in [0.15, 0.2) is 30.3 Å². The van der Waals surface area contributed by atoms with Crippen molar-refractivity contribution in [3.05, 3.63) is 35.9 Å². The Morgan fingerprint density at radius 2 is 1.12 bits per heavy atom. The van der Waals surface area contributed by atoms with Gasteiger partial charge < -0.3 is 38.5 Å². The fourth-order valence-corrected chi connectivity index (χ4v) is 5.69. The molecular weight excluding hydrogens is 550 g/mol. The van der Waals surface area contributed by atoms with Crippen LogP contribution in [0.4, 0.5) is 0 Å². The van der Waals surface area contributed by atoms with Gasteiger partial charge in [0, 0.05) is 6.61 Å². The quantitative estimate of drug-likeness (QED) is 0.0520. The van der Waals surface area contributed by atoms with Crippen LogP contribution in [0.25, 0.3) is 0 Å². The Hall–Kier alpha value is -0.240. The third kappa shape index (κ3) is 19.8. The first-order valence-corrected chi connectivity index (χ1v) is 17.5. The molecule has 0 aliphatic rings. The summed E-state index contributed by atoms with van der Waals surface area (Å²) in [6, 6.07) is 10.9. The van der Waals surface area contributed by atoms with Gasteiger partial charge in [-0.3, -0.25) is 0 Å². The number of aliphatic hydroxyl groups excluding tert-OH is 1. The second kappa shape index (κ2) is 24.2. The fraction of sp³-hybridized carbons (Fsp3) is 0.800. The minimum absolute atomic E-state index is 0.0564. The van der Waals surface area contributed by atoms with E-state index in [0.717, 1.165) is 25.2 Å². The van der Waals surface area contributed by atoms with Gasteiger partial charge in [-0.05, 0) is 30.2 Å². The van der Waals surface area contributed by atoms with Crippen molar-refractivity contribution in [2.24, 2.45) is 11.3 Å². The summed E-state index contributed by atoms with van der Waals surface area (Å²) in [4.78, 5) is 36.0. The second-order valence-corrected chi connectivity index (χ2v) is 13.0. The molecule has 0 aromatic heterocycles. The van der Waals surface area contributed by atoms with E-state index in [4.69, 9.17) is 33.4 Å². The molecule has 10 heteroatoms. The van der Waals surface area contributed by atoms with Gasteiger partial charge in [-0.25, -0.2) is 0 Å². The molecule has 1 aromatic rings. The maximum Gasteiger partial charge on any atom is 0.327 e. The number of rotatable bonds is 27. The third-order valence-electron chi connectivity index (χ3n) is 7.65. The van der Waals surface area contributed by atoms with Crippen molar-refractivity contribution in [3.63, 3.8) is 0 Å². The van der Waals surface area contributed by atoms with Crippen molar-refractivity contribution < 1.29 is 38.5 Å². The Morgan fingerprint density at radius 1 is 0.650 bits per heavy atom. The van der Waals surface area contributed by atoms with Crippen LogP contribution in [0, 0.1) is 11.3 Å². The van der Waals surface area contributed by atoms with Gasteiger partial charge in [-0.2, -0.15) is 0 Å². The van der Waals surface area contributed by atoms with Gasteiger partial charge in [-0.15, -0.1) is 0 Å². The van der Waals surface area contributed by atoms with Gasteiger partial charge >= 0.3 is 17.2 Å². The molecule has 0 bridgehead atoms. The molecule has 2 unspecified atom stereocenters. The Balaban J connectivity index is 1.97. The summed E-state index contributed by atoms with van der Waals surface area (Å²) in [7, 11) is -5.18. The van der Waals surface area contributed by atoms with Crippen LogP contribution in [0.2, 0.25) is 0 Å². The molecule has 40 heavy (non-hydrogen) atoms. The smallest absolute Gasteiger partial charge is 0.327 e. The second-order valence-electron chi connectivity index (χ2n) is 11.4. The third-order valence-corrected chi connectivity index (χ3v) is 8.37. The summed E-state index contributed by atoms with van der Waals surface area (Å²) in [6.07, 6.45) is 17.6. The first-order chi connectivity index (χ1) is 19.3. The summed E-state index contributed by atoms with van der Waals surface area (Å²) in [5.41, 5.74) is 0.376. The lowest BCUT2D eigenvalue weighted by Gasteiger charge is -2.31. The lowest BCUT2D eigenvalue weighted by Crippen LogP contribution is -2.40. The number of benzene rings is 1. The predicted molar refractivity (Wildman–Crippen MR) is 164 cm³/mol. The Morgan fingerprint density at radius 3 is 1.62 bits per heavy atom. The molecule has 0 saturated heterocycles. The number of hydrogen-bond acceptors (Lipinski definition) is 8. The van der Waals surface area contributed by atoms with E-state index >= 15 is 0 Å². The molecule has 8 nitrogen and oxygen atoms in total. The van der Waals surface area contributed by atoms with Crippen LogP contribution in [-0.4, -0.2) is 57.7 Å². The molecule has 0 fully saturated rings. The van der Waals surface area contributed by atoms with E-state index in [1.165, 1.54) is 76.2 Å². The summed E-state index contributed by atoms with van der Waals surface area (Å²) < 4.78 is 15.4. The summed E-state index contributed by atoms with van der Waals surface area (Å²) in [5.74, 6) is 1.46. The SMILES string of the molecule is CC(CCCCCCCCC(C)c1ccccc1)CCCCCCCOCC(CO)(COP(O)O)COP(O)O. The van der Waals surface area contributed by atoms with E-state index in [1.54, 1.807) is 0 Å². The zero-order valence-electron chi connectivity index (χ0n) is 24.8. The van der Waals surface area contributed by atoms with Crippen molar-refractivity contribution in [2.45, 2.75) is 110 Å². The number of aliphatic hydroxyl groups is 1. The minimum atomic E-state index is -2.59. The first kappa shape index (κ1) is 37.8. The molecular formula is C30H56O8P2. The summed E-state index contributed by atoms with van der Waals surface area (Å²) in [5, 5.41) is 9.76. The first-order valence-electron chi connectivity index (χ1n) is 15.1. The minimum Gasteiger partial charge on any atom is -0.396 e. The normalized spacial score (nSPS) is 13.8. The maximum atomic E-state index is 9.76. The zero-order valence-corrected chi connectivity index (χ0v) is 26.6. The average molecular weight is 607 g/mol. The van der Waals surface area contributed by atoms with E-state index in [1.807, 2.05) is 0 Å². The van der Waals surface area contributed by atoms with Crippen LogP contribution in [0.1, 0.15) is 115 Å².